The molecule has 0 saturated heterocycles. The summed E-state index contributed by atoms with van der Waals surface area (Å²) in [6.07, 6.45) is 0.425. The number of hydrazone groups is 1. The van der Waals surface area contributed by atoms with Crippen LogP contribution in [-0.4, -0.2) is 27.7 Å². The van der Waals surface area contributed by atoms with Crippen LogP contribution in [0.2, 0.25) is 0 Å². The molecule has 2 aromatic rings. The third-order valence-electron chi connectivity index (χ3n) is 3.70. The number of rotatable bonds is 5. The molecule has 2 heterocycles. The van der Waals surface area contributed by atoms with Crippen LogP contribution in [0.4, 0.5) is 0 Å². The third-order valence-corrected chi connectivity index (χ3v) is 4.67. The Balaban J connectivity index is 1.86. The van der Waals surface area contributed by atoms with Crippen LogP contribution in [0.15, 0.2) is 52.9 Å². The van der Waals surface area contributed by atoms with Gasteiger partial charge in [-0.3, -0.25) is 9.59 Å². The lowest BCUT2D eigenvalue weighted by Gasteiger charge is -2.20. The Kier molecular flexibility index (Phi) is 4.52. The van der Waals surface area contributed by atoms with Crippen LogP contribution in [0.3, 0.4) is 0 Å². The highest BCUT2D eigenvalue weighted by atomic mass is 32.1. The highest BCUT2D eigenvalue weighted by Crippen LogP contribution is 2.35. The van der Waals surface area contributed by atoms with Gasteiger partial charge >= 0.3 is 5.97 Å². The number of nitrogens with zero attached hydrogens (tertiary/aromatic N) is 2. The van der Waals surface area contributed by atoms with Crippen LogP contribution in [0.5, 0.6) is 0 Å². The smallest absolute Gasteiger partial charge is 0.303 e. The summed E-state index contributed by atoms with van der Waals surface area (Å²) in [6, 6.07) is 13.5. The zero-order chi connectivity index (χ0) is 16.2. The van der Waals surface area contributed by atoms with E-state index in [1.807, 2.05) is 47.8 Å². The predicted octanol–water partition coefficient (Wildman–Crippen LogP) is 3.29. The Hall–Kier alpha value is -2.47. The maximum absolute atomic E-state index is 12.4. The van der Waals surface area contributed by atoms with Gasteiger partial charge in [0.1, 0.15) is 0 Å². The normalized spacial score (nSPS) is 17.1. The van der Waals surface area contributed by atoms with Gasteiger partial charge in [0.05, 0.1) is 18.2 Å². The molecule has 0 unspecified atom stereocenters. The first-order chi connectivity index (χ1) is 11.1. The number of amides is 1. The zero-order valence-corrected chi connectivity index (χ0v) is 13.2. The summed E-state index contributed by atoms with van der Waals surface area (Å²) in [7, 11) is 0. The molecule has 23 heavy (non-hydrogen) atoms. The van der Waals surface area contributed by atoms with Crippen molar-refractivity contribution in [1.82, 2.24) is 5.01 Å². The minimum absolute atomic E-state index is 0.0389. The number of carboxylic acid groups (broad SMARTS) is 1. The molecule has 6 heteroatoms. The average molecular weight is 328 g/mol. The summed E-state index contributed by atoms with van der Waals surface area (Å²) in [5.41, 5.74) is 1.84. The highest BCUT2D eigenvalue weighted by molar-refractivity contribution is 7.10. The molecule has 0 bridgehead atoms. The molecular formula is C17H16N2O3S. The van der Waals surface area contributed by atoms with Crippen molar-refractivity contribution < 1.29 is 14.7 Å². The van der Waals surface area contributed by atoms with Gasteiger partial charge in [-0.05, 0) is 17.0 Å². The Morgan fingerprint density at radius 2 is 1.96 bits per heavy atom. The first-order valence-electron chi connectivity index (χ1n) is 7.35. The number of aliphatic carboxylic acids is 1. The summed E-state index contributed by atoms with van der Waals surface area (Å²) in [6.45, 7) is 0. The Bertz CT molecular complexity index is 726. The lowest BCUT2D eigenvalue weighted by Crippen LogP contribution is -2.26. The fraction of sp³-hybridized carbons (Fsp3) is 0.235. The topological polar surface area (TPSA) is 70.0 Å². The molecule has 1 aliphatic rings. The van der Waals surface area contributed by atoms with Crippen LogP contribution in [0, 0.1) is 0 Å². The van der Waals surface area contributed by atoms with Crippen molar-refractivity contribution in [1.29, 1.82) is 0 Å². The quantitative estimate of drug-likeness (QED) is 0.915. The number of carbonyl (C=O) groups excluding carboxylic acids is 1. The lowest BCUT2D eigenvalue weighted by atomic mass is 10.0. The van der Waals surface area contributed by atoms with Crippen LogP contribution in [0.25, 0.3) is 0 Å². The van der Waals surface area contributed by atoms with E-state index in [2.05, 4.69) is 5.10 Å². The predicted molar refractivity (Wildman–Crippen MR) is 88.4 cm³/mol. The van der Waals surface area contributed by atoms with Crippen molar-refractivity contribution in [2.75, 3.05) is 0 Å². The molecule has 1 N–H and O–H groups in total. The molecule has 0 aliphatic carbocycles. The van der Waals surface area contributed by atoms with Crippen LogP contribution in [-0.2, 0) is 9.59 Å². The molecule has 0 saturated carbocycles. The van der Waals surface area contributed by atoms with Gasteiger partial charge in [0.2, 0.25) is 5.91 Å². The van der Waals surface area contributed by atoms with Crippen molar-refractivity contribution >= 4 is 28.9 Å². The number of hydrogen-bond acceptors (Lipinski definition) is 4. The number of thiophene rings is 1. The van der Waals surface area contributed by atoms with E-state index in [9.17, 15) is 9.59 Å². The molecule has 1 amide bonds. The lowest BCUT2D eigenvalue weighted by molar-refractivity contribution is -0.141. The van der Waals surface area contributed by atoms with Crippen LogP contribution >= 0.6 is 11.3 Å². The molecule has 1 aromatic heterocycles. The maximum atomic E-state index is 12.4. The Labute approximate surface area is 137 Å². The second-order valence-corrected chi connectivity index (χ2v) is 6.26. The third kappa shape index (κ3) is 3.48. The van der Waals surface area contributed by atoms with Gasteiger partial charge in [-0.1, -0.05) is 36.4 Å². The highest BCUT2D eigenvalue weighted by Gasteiger charge is 2.33. The van der Waals surface area contributed by atoms with E-state index in [4.69, 9.17) is 5.11 Å². The first kappa shape index (κ1) is 15.4. The van der Waals surface area contributed by atoms with Gasteiger partial charge in [0, 0.05) is 17.7 Å². The van der Waals surface area contributed by atoms with E-state index in [0.29, 0.717) is 6.42 Å². The van der Waals surface area contributed by atoms with Gasteiger partial charge < -0.3 is 5.11 Å². The van der Waals surface area contributed by atoms with E-state index < -0.39 is 5.97 Å². The number of carboxylic acids is 1. The molecule has 3 rings (SSSR count). The van der Waals surface area contributed by atoms with Crippen LogP contribution in [0.1, 0.15) is 35.7 Å². The van der Waals surface area contributed by atoms with E-state index in [1.54, 1.807) is 11.3 Å². The van der Waals surface area contributed by atoms with Crippen molar-refractivity contribution in [3.8, 4) is 0 Å². The Morgan fingerprint density at radius 1 is 1.17 bits per heavy atom. The molecule has 0 fully saturated rings. The minimum atomic E-state index is -0.975. The fourth-order valence-corrected chi connectivity index (χ4v) is 3.39. The summed E-state index contributed by atoms with van der Waals surface area (Å²) in [5, 5.41) is 16.7. The van der Waals surface area contributed by atoms with E-state index >= 15 is 0 Å². The van der Waals surface area contributed by atoms with Gasteiger partial charge in [-0.25, -0.2) is 5.01 Å². The molecule has 1 aromatic carbocycles. The summed E-state index contributed by atoms with van der Waals surface area (Å²) < 4.78 is 0. The minimum Gasteiger partial charge on any atom is -0.481 e. The van der Waals surface area contributed by atoms with Crippen molar-refractivity contribution in [3.05, 3.63) is 58.3 Å². The second kappa shape index (κ2) is 6.75. The fourth-order valence-electron chi connectivity index (χ4n) is 2.58. The van der Waals surface area contributed by atoms with E-state index in [0.717, 1.165) is 16.2 Å². The number of carbonyl (C=O) groups is 2. The second-order valence-electron chi connectivity index (χ2n) is 5.28. The molecule has 118 valence electrons. The number of benzene rings is 1. The number of hydrogen-bond donors (Lipinski definition) is 1. The van der Waals surface area contributed by atoms with E-state index in [1.165, 1.54) is 5.01 Å². The molecule has 5 nitrogen and oxygen atoms in total. The summed E-state index contributed by atoms with van der Waals surface area (Å²) in [4.78, 5) is 24.2. The zero-order valence-electron chi connectivity index (χ0n) is 12.4. The SMILES string of the molecule is O=C(O)CCC(=O)N1N=C(c2ccccc2)C[C@H]1c1cccs1. The summed E-state index contributed by atoms with van der Waals surface area (Å²) in [5.74, 6) is -1.23. The van der Waals surface area contributed by atoms with Crippen molar-refractivity contribution in [2.45, 2.75) is 25.3 Å². The monoisotopic (exact) mass is 328 g/mol. The molecule has 0 radical (unpaired) electrons. The molecule has 1 aliphatic heterocycles. The Morgan fingerprint density at radius 3 is 2.61 bits per heavy atom. The largest absolute Gasteiger partial charge is 0.481 e. The van der Waals surface area contributed by atoms with Crippen LogP contribution < -0.4 is 0 Å². The average Bonchev–Trinajstić information content (AvgIpc) is 3.22. The van der Waals surface area contributed by atoms with Gasteiger partial charge in [0.15, 0.2) is 0 Å². The van der Waals surface area contributed by atoms with E-state index in [-0.39, 0.29) is 24.8 Å². The van der Waals surface area contributed by atoms with Gasteiger partial charge in [-0.15, -0.1) is 11.3 Å². The van der Waals surface area contributed by atoms with Crippen molar-refractivity contribution in [2.24, 2.45) is 5.10 Å². The summed E-state index contributed by atoms with van der Waals surface area (Å²) >= 11 is 1.58. The van der Waals surface area contributed by atoms with Gasteiger partial charge in [0.25, 0.3) is 0 Å². The first-order valence-corrected chi connectivity index (χ1v) is 8.23. The van der Waals surface area contributed by atoms with Gasteiger partial charge in [-0.2, -0.15) is 5.10 Å². The molecule has 0 spiro atoms. The molecule has 1 atom stereocenters. The molecular weight excluding hydrogens is 312 g/mol. The maximum Gasteiger partial charge on any atom is 0.303 e. The van der Waals surface area contributed by atoms with Crippen molar-refractivity contribution in [3.63, 3.8) is 0 Å². The standard InChI is InChI=1S/C17H16N2O3S/c20-16(8-9-17(21)22)19-14(15-7-4-10-23-15)11-13(18-19)12-5-2-1-3-6-12/h1-7,10,14H,8-9,11H2,(H,21,22)/t14-/m0/s1.